The van der Waals surface area contributed by atoms with Gasteiger partial charge in [-0.15, -0.1) is 0 Å². The highest BCUT2D eigenvalue weighted by atomic mass is 16.7. The lowest BCUT2D eigenvalue weighted by Crippen LogP contribution is -2.64. The Hall–Kier alpha value is -2.56. The Morgan fingerprint density at radius 2 is 1.56 bits per heavy atom. The molecule has 3 heterocycles. The number of esters is 1. The molecule has 57 heavy (non-hydrogen) atoms. The Morgan fingerprint density at radius 1 is 0.912 bits per heavy atom. The number of fused-ring (bicyclic) bond motifs is 3. The molecule has 3 aliphatic heterocycles. The number of aliphatic hydroxyl groups is 4. The van der Waals surface area contributed by atoms with Crippen molar-refractivity contribution in [3.05, 3.63) is 23.3 Å². The quantitative estimate of drug-likeness (QED) is 0.173. The molecule has 1 saturated carbocycles. The number of ketones is 2. The molecule has 0 spiro atoms. The summed E-state index contributed by atoms with van der Waals surface area (Å²) in [6.45, 7) is 11.0. The summed E-state index contributed by atoms with van der Waals surface area (Å²) in [6, 6.07) is -1.19. The second-order valence-electron chi connectivity index (χ2n) is 17.2. The minimum absolute atomic E-state index is 0.0152. The fourth-order valence-corrected chi connectivity index (χ4v) is 9.42. The summed E-state index contributed by atoms with van der Waals surface area (Å²) in [5.41, 5.74) is 1.45. The molecule has 0 aromatic heterocycles. The zero-order valence-electron chi connectivity index (χ0n) is 35.4. The van der Waals surface area contributed by atoms with Gasteiger partial charge >= 0.3 is 5.97 Å². The van der Waals surface area contributed by atoms with E-state index in [2.05, 4.69) is 0 Å². The van der Waals surface area contributed by atoms with Crippen LogP contribution in [0.4, 0.5) is 0 Å². The van der Waals surface area contributed by atoms with Crippen LogP contribution in [0.25, 0.3) is 0 Å². The van der Waals surface area contributed by atoms with Gasteiger partial charge in [0.2, 0.25) is 5.79 Å². The average molecular weight is 808 g/mol. The standard InChI is InChI=1S/C43H69NO13/c1-10-28-18-23(2)17-24(3)19-34(54-8)39-35(55-9)21-26(5)43(52,57-39)40(49)41(50)44-16-12-11-13-30(44)42(51)56-38(27(6)31(45)22-32(28)46)25(4)20-29-14-15-33(53-7)37(48)36(29)47/h18,20,24,26-31,33-39,45,47-48,52H,10-17,19,21-22H2,1-9H3/b23-18+,25-20+/t24-,26+,27+,28+,29-,30-,31-,33+,34-,35-,36?,37-,38+,39+,43+/m0/s1. The molecule has 4 aliphatic rings. The minimum Gasteiger partial charge on any atom is -0.456 e. The number of nitrogens with zero attached hydrogens (tertiary/aromatic N) is 1. The van der Waals surface area contributed by atoms with Gasteiger partial charge in [-0.25, -0.2) is 4.79 Å². The van der Waals surface area contributed by atoms with Crippen molar-refractivity contribution in [1.29, 1.82) is 0 Å². The number of aliphatic hydroxyl groups excluding tert-OH is 3. The second kappa shape index (κ2) is 20.6. The Labute approximate surface area is 338 Å². The third kappa shape index (κ3) is 10.8. The van der Waals surface area contributed by atoms with E-state index in [4.69, 9.17) is 23.7 Å². The Balaban J connectivity index is 1.77. The molecule has 0 aromatic rings. The number of ether oxygens (including phenoxy) is 5. The first-order chi connectivity index (χ1) is 26.9. The van der Waals surface area contributed by atoms with Gasteiger partial charge < -0.3 is 49.0 Å². The fourth-order valence-electron chi connectivity index (χ4n) is 9.42. The van der Waals surface area contributed by atoms with E-state index in [9.17, 15) is 39.6 Å². The van der Waals surface area contributed by atoms with Crippen molar-refractivity contribution in [2.24, 2.45) is 29.6 Å². The zero-order chi connectivity index (χ0) is 42.4. The molecule has 4 N–H and O–H groups in total. The zero-order valence-corrected chi connectivity index (χ0v) is 35.4. The molecule has 1 aliphatic carbocycles. The van der Waals surface area contributed by atoms with Gasteiger partial charge in [0.15, 0.2) is 0 Å². The molecule has 15 atom stereocenters. The molecular weight excluding hydrogens is 738 g/mol. The van der Waals surface area contributed by atoms with Gasteiger partial charge in [-0.1, -0.05) is 45.4 Å². The largest absolute Gasteiger partial charge is 0.456 e. The maximum absolute atomic E-state index is 14.3. The van der Waals surface area contributed by atoms with Gasteiger partial charge in [0.1, 0.15) is 30.1 Å². The lowest BCUT2D eigenvalue weighted by Gasteiger charge is -2.47. The van der Waals surface area contributed by atoms with Crippen LogP contribution in [-0.4, -0.2) is 137 Å². The van der Waals surface area contributed by atoms with Gasteiger partial charge in [-0.2, -0.15) is 0 Å². The van der Waals surface area contributed by atoms with Gasteiger partial charge in [-0.3, -0.25) is 14.4 Å². The molecule has 0 aromatic carbocycles. The number of methoxy groups -OCH3 is 3. The summed E-state index contributed by atoms with van der Waals surface area (Å²) in [7, 11) is 4.51. The molecule has 14 nitrogen and oxygen atoms in total. The monoisotopic (exact) mass is 807 g/mol. The molecule has 1 unspecified atom stereocenters. The average Bonchev–Trinajstić information content (AvgIpc) is 3.19. The predicted molar refractivity (Wildman–Crippen MR) is 209 cm³/mol. The minimum atomic E-state index is -2.53. The molecule has 2 saturated heterocycles. The van der Waals surface area contributed by atoms with Crippen LogP contribution in [0.15, 0.2) is 23.3 Å². The Morgan fingerprint density at radius 3 is 2.19 bits per heavy atom. The molecule has 2 bridgehead atoms. The van der Waals surface area contributed by atoms with Gasteiger partial charge in [0.05, 0.1) is 30.5 Å². The van der Waals surface area contributed by atoms with E-state index in [1.807, 2.05) is 26.8 Å². The normalized spacial score (nSPS) is 42.4. The van der Waals surface area contributed by atoms with Crippen molar-refractivity contribution in [2.45, 2.75) is 166 Å². The summed E-state index contributed by atoms with van der Waals surface area (Å²) in [5, 5.41) is 45.4. The highest BCUT2D eigenvalue weighted by molar-refractivity contribution is 6.39. The van der Waals surface area contributed by atoms with Gasteiger partial charge in [0.25, 0.3) is 11.7 Å². The summed E-state index contributed by atoms with van der Waals surface area (Å²) >= 11 is 0. The van der Waals surface area contributed by atoms with Crippen LogP contribution in [0, 0.1) is 29.6 Å². The van der Waals surface area contributed by atoms with Crippen LogP contribution in [0.1, 0.15) is 106 Å². The predicted octanol–water partition coefficient (Wildman–Crippen LogP) is 3.44. The van der Waals surface area contributed by atoms with Crippen LogP contribution in [0.3, 0.4) is 0 Å². The smallest absolute Gasteiger partial charge is 0.329 e. The maximum Gasteiger partial charge on any atom is 0.329 e. The number of piperidine rings is 1. The first-order valence-corrected chi connectivity index (χ1v) is 20.9. The fraction of sp³-hybridized carbons (Fsp3) is 0.814. The molecule has 1 amide bonds. The summed E-state index contributed by atoms with van der Waals surface area (Å²) in [6.07, 6.45) is 0.157. The van der Waals surface area contributed by atoms with E-state index in [1.165, 1.54) is 21.3 Å². The van der Waals surface area contributed by atoms with Crippen molar-refractivity contribution in [2.75, 3.05) is 27.9 Å². The van der Waals surface area contributed by atoms with Crippen LogP contribution in [-0.2, 0) is 42.9 Å². The second-order valence-corrected chi connectivity index (χ2v) is 17.2. The summed E-state index contributed by atoms with van der Waals surface area (Å²) < 4.78 is 29.5. The van der Waals surface area contributed by atoms with E-state index in [-0.39, 0.29) is 37.5 Å². The molecule has 14 heteroatoms. The molecule has 4 rings (SSSR count). The molecule has 0 radical (unpaired) electrons. The lowest BCUT2D eigenvalue weighted by atomic mass is 9.80. The van der Waals surface area contributed by atoms with Crippen molar-refractivity contribution in [3.63, 3.8) is 0 Å². The molecular formula is C43H69NO13. The highest BCUT2D eigenvalue weighted by Gasteiger charge is 2.56. The highest BCUT2D eigenvalue weighted by Crippen LogP contribution is 2.39. The number of carbonyl (C=O) groups is 4. The van der Waals surface area contributed by atoms with Crippen molar-refractivity contribution in [3.8, 4) is 0 Å². The first-order valence-electron chi connectivity index (χ1n) is 20.9. The van der Waals surface area contributed by atoms with Crippen molar-refractivity contribution >= 4 is 23.4 Å². The van der Waals surface area contributed by atoms with E-state index >= 15 is 0 Å². The Bertz CT molecular complexity index is 1470. The summed E-state index contributed by atoms with van der Waals surface area (Å²) in [4.78, 5) is 57.6. The van der Waals surface area contributed by atoms with Gasteiger partial charge in [0, 0.05) is 58.0 Å². The summed E-state index contributed by atoms with van der Waals surface area (Å²) in [5.74, 6) is -8.41. The van der Waals surface area contributed by atoms with Crippen LogP contribution < -0.4 is 0 Å². The molecule has 3 fully saturated rings. The maximum atomic E-state index is 14.3. The third-order valence-corrected chi connectivity index (χ3v) is 13.0. The number of rotatable bonds is 6. The van der Waals surface area contributed by atoms with E-state index in [0.717, 1.165) is 10.5 Å². The van der Waals surface area contributed by atoms with Crippen LogP contribution >= 0.6 is 0 Å². The topological polar surface area (TPSA) is 199 Å². The Kier molecular flexibility index (Phi) is 17.0. The van der Waals surface area contributed by atoms with Crippen molar-refractivity contribution in [1.82, 2.24) is 4.90 Å². The van der Waals surface area contributed by atoms with Crippen LogP contribution in [0.2, 0.25) is 0 Å². The van der Waals surface area contributed by atoms with E-state index in [1.54, 1.807) is 26.8 Å². The van der Waals surface area contributed by atoms with Crippen molar-refractivity contribution < 1.29 is 63.3 Å². The number of Topliss-reactive ketones (excluding diaryl/α,β-unsaturated/α-hetero) is 2. The lowest BCUT2D eigenvalue weighted by molar-refractivity contribution is -0.302. The van der Waals surface area contributed by atoms with E-state index in [0.29, 0.717) is 50.5 Å². The third-order valence-electron chi connectivity index (χ3n) is 13.0. The number of amides is 1. The van der Waals surface area contributed by atoms with Crippen LogP contribution in [0.5, 0.6) is 0 Å². The van der Waals surface area contributed by atoms with E-state index < -0.39 is 102 Å². The number of cyclic esters (lactones) is 1. The SMILES string of the molecule is CC[C@@H]1/C=C(\C)C[C@H](C)C[C@H](OC)[C@H]2O[C@@](O)(C(=O)C(=O)N3CCCC[C@H]3C(=O)O[C@H](/C(C)=C/[C@@H]3CC[C@@H](OC)[C@H](O)C3O)[C@H](C)[C@@H](O)CC1=O)[C@H](C)C[C@@H]2OC. The molecule has 324 valence electrons. The van der Waals surface area contributed by atoms with Gasteiger partial charge in [-0.05, 0) is 83.1 Å². The number of carbonyl (C=O) groups excluding carboxylic acids is 4. The number of allylic oxidation sites excluding steroid dienone is 2. The number of hydrogen-bond donors (Lipinski definition) is 4. The first kappa shape index (κ1) is 47.1. The number of hydrogen-bond acceptors (Lipinski definition) is 13.